The molecule has 4 rings (SSSR count). The zero-order valence-electron chi connectivity index (χ0n) is 16.5. The molecule has 0 unspecified atom stereocenters. The summed E-state index contributed by atoms with van der Waals surface area (Å²) in [6, 6.07) is 18.6. The van der Waals surface area contributed by atoms with E-state index >= 15 is 0 Å². The number of carbonyl (C=O) groups excluding carboxylic acids is 1. The molecule has 30 heavy (non-hydrogen) atoms. The Bertz CT molecular complexity index is 1190. The molecule has 1 heterocycles. The first-order valence-corrected chi connectivity index (χ1v) is 11.8. The summed E-state index contributed by atoms with van der Waals surface area (Å²) < 4.78 is 27.3. The van der Waals surface area contributed by atoms with Crippen molar-refractivity contribution in [2.75, 3.05) is 17.4 Å². The molecule has 7 heteroatoms. The molecule has 0 aliphatic carbocycles. The first-order chi connectivity index (χ1) is 14.5. The van der Waals surface area contributed by atoms with E-state index in [9.17, 15) is 13.2 Å². The van der Waals surface area contributed by atoms with Crippen LogP contribution in [0.25, 0.3) is 10.8 Å². The number of hydrogen-bond donors (Lipinski definition) is 1. The number of rotatable bonds is 8. The Kier molecular flexibility index (Phi) is 5.97. The van der Waals surface area contributed by atoms with Crippen LogP contribution in [-0.2, 0) is 21.2 Å². The molecule has 1 amide bonds. The van der Waals surface area contributed by atoms with E-state index in [0.29, 0.717) is 23.5 Å². The molecule has 0 spiro atoms. The molecule has 0 fully saturated rings. The van der Waals surface area contributed by atoms with Crippen LogP contribution < -0.4 is 9.62 Å². The lowest BCUT2D eigenvalue weighted by molar-refractivity contribution is -0.121. The van der Waals surface area contributed by atoms with Crippen molar-refractivity contribution in [3.63, 3.8) is 0 Å². The third-order valence-corrected chi connectivity index (χ3v) is 7.57. The van der Waals surface area contributed by atoms with Gasteiger partial charge < -0.3 is 5.32 Å². The maximum atomic E-state index is 12.9. The van der Waals surface area contributed by atoms with E-state index in [-0.39, 0.29) is 18.9 Å². The van der Waals surface area contributed by atoms with Crippen molar-refractivity contribution in [1.29, 1.82) is 0 Å². The van der Waals surface area contributed by atoms with E-state index in [1.165, 1.54) is 4.31 Å². The van der Waals surface area contributed by atoms with E-state index in [0.717, 1.165) is 34.2 Å². The Hall–Kier alpha value is -2.57. The summed E-state index contributed by atoms with van der Waals surface area (Å²) in [5, 5.41) is 5.32. The van der Waals surface area contributed by atoms with Crippen molar-refractivity contribution < 1.29 is 13.2 Å². The van der Waals surface area contributed by atoms with Crippen molar-refractivity contribution in [1.82, 2.24) is 5.32 Å². The maximum Gasteiger partial charge on any atom is 0.265 e. The highest BCUT2D eigenvalue weighted by molar-refractivity contribution is 7.93. The Morgan fingerprint density at radius 2 is 1.73 bits per heavy atom. The minimum Gasteiger partial charge on any atom is -0.356 e. The van der Waals surface area contributed by atoms with Crippen molar-refractivity contribution in [2.45, 2.75) is 30.6 Å². The van der Waals surface area contributed by atoms with Crippen LogP contribution in [0.4, 0.5) is 5.69 Å². The van der Waals surface area contributed by atoms with Crippen LogP contribution >= 0.6 is 11.6 Å². The molecular formula is C23H23ClN2O3S. The van der Waals surface area contributed by atoms with Crippen LogP contribution in [0.1, 0.15) is 24.8 Å². The Balaban J connectivity index is 1.28. The minimum atomic E-state index is -3.56. The van der Waals surface area contributed by atoms with Crippen molar-refractivity contribution >= 4 is 44.0 Å². The largest absolute Gasteiger partial charge is 0.356 e. The normalized spacial score (nSPS) is 14.2. The average Bonchev–Trinajstić information content (AvgIpc) is 2.96. The van der Waals surface area contributed by atoms with E-state index < -0.39 is 10.0 Å². The fourth-order valence-corrected chi connectivity index (χ4v) is 5.86. The molecule has 0 saturated heterocycles. The molecule has 0 aromatic heterocycles. The van der Waals surface area contributed by atoms with Gasteiger partial charge in [-0.05, 0) is 48.4 Å². The summed E-state index contributed by atoms with van der Waals surface area (Å²) >= 11 is 6.14. The second-order valence-corrected chi connectivity index (χ2v) is 9.59. The van der Waals surface area contributed by atoms with Crippen LogP contribution in [0.2, 0.25) is 5.02 Å². The molecule has 1 N–H and O–H groups in total. The summed E-state index contributed by atoms with van der Waals surface area (Å²) in [5.41, 5.74) is 1.77. The second kappa shape index (κ2) is 8.66. The van der Waals surface area contributed by atoms with Crippen LogP contribution in [0.3, 0.4) is 0 Å². The van der Waals surface area contributed by atoms with Gasteiger partial charge in [-0.3, -0.25) is 9.10 Å². The monoisotopic (exact) mass is 442 g/mol. The number of benzene rings is 3. The second-order valence-electron chi connectivity index (χ2n) is 7.36. The van der Waals surface area contributed by atoms with Gasteiger partial charge in [-0.2, -0.15) is 0 Å². The molecule has 5 nitrogen and oxygen atoms in total. The average molecular weight is 443 g/mol. The van der Waals surface area contributed by atoms with Crippen molar-refractivity contribution in [2.24, 2.45) is 0 Å². The van der Waals surface area contributed by atoms with Gasteiger partial charge in [-0.15, -0.1) is 0 Å². The number of anilines is 1. The molecule has 1 aliphatic heterocycles. The van der Waals surface area contributed by atoms with E-state index in [4.69, 9.17) is 11.6 Å². The molecular weight excluding hydrogens is 420 g/mol. The van der Waals surface area contributed by atoms with Crippen molar-refractivity contribution in [3.05, 3.63) is 71.2 Å². The fourth-order valence-electron chi connectivity index (χ4n) is 3.88. The molecule has 0 atom stereocenters. The van der Waals surface area contributed by atoms with Crippen LogP contribution in [0, 0.1) is 0 Å². The third-order valence-electron chi connectivity index (χ3n) is 5.35. The Morgan fingerprint density at radius 1 is 0.967 bits per heavy atom. The number of sulfonamides is 1. The van der Waals surface area contributed by atoms with Crippen LogP contribution in [-0.4, -0.2) is 27.4 Å². The standard InChI is InChI=1S/C23H23ClN2O3S/c24-19-11-2-1-7-17(19)10-5-15-25-22(27)14-6-16-26-20-12-3-8-18-9-4-13-21(23(18)20)30(26,28)29/h1-4,7-9,11-13H,5-6,10,14-16H2,(H,25,27). The Labute approximate surface area is 181 Å². The minimum absolute atomic E-state index is 0.0681. The van der Waals surface area contributed by atoms with E-state index in [1.807, 2.05) is 48.5 Å². The van der Waals surface area contributed by atoms with E-state index in [1.54, 1.807) is 12.1 Å². The molecule has 0 saturated carbocycles. The number of nitrogens with zero attached hydrogens (tertiary/aromatic N) is 1. The first-order valence-electron chi connectivity index (χ1n) is 10.0. The number of amides is 1. The number of carbonyl (C=O) groups is 1. The van der Waals surface area contributed by atoms with Crippen LogP contribution in [0.5, 0.6) is 0 Å². The molecule has 3 aromatic carbocycles. The Morgan fingerprint density at radius 3 is 2.53 bits per heavy atom. The summed E-state index contributed by atoms with van der Waals surface area (Å²) in [5.74, 6) is -0.0681. The lowest BCUT2D eigenvalue weighted by atomic mass is 10.1. The molecule has 0 radical (unpaired) electrons. The maximum absolute atomic E-state index is 12.9. The third kappa shape index (κ3) is 4.02. The zero-order chi connectivity index (χ0) is 21.1. The SMILES string of the molecule is O=C(CCCN1c2cccc3cccc(c23)S1(=O)=O)NCCCc1ccccc1Cl. The fraction of sp³-hybridized carbons (Fsp3) is 0.261. The zero-order valence-corrected chi connectivity index (χ0v) is 18.0. The highest BCUT2D eigenvalue weighted by Crippen LogP contribution is 2.41. The summed E-state index contributed by atoms with van der Waals surface area (Å²) in [4.78, 5) is 12.5. The summed E-state index contributed by atoms with van der Waals surface area (Å²) in [7, 11) is -3.56. The van der Waals surface area contributed by atoms with Gasteiger partial charge in [0.25, 0.3) is 10.0 Å². The van der Waals surface area contributed by atoms with Gasteiger partial charge in [0, 0.05) is 29.9 Å². The molecule has 1 aliphatic rings. The predicted octanol–water partition coefficient (Wildman–Crippen LogP) is 4.53. The lowest BCUT2D eigenvalue weighted by Crippen LogP contribution is -2.30. The van der Waals surface area contributed by atoms with Gasteiger partial charge in [-0.1, -0.05) is 54.1 Å². The van der Waals surface area contributed by atoms with Gasteiger partial charge in [0.1, 0.15) is 0 Å². The quantitative estimate of drug-likeness (QED) is 0.521. The molecule has 0 bridgehead atoms. The number of nitrogens with one attached hydrogen (secondary N) is 1. The van der Waals surface area contributed by atoms with E-state index in [2.05, 4.69) is 5.32 Å². The van der Waals surface area contributed by atoms with Gasteiger partial charge in [-0.25, -0.2) is 8.42 Å². The molecule has 3 aromatic rings. The van der Waals surface area contributed by atoms with Gasteiger partial charge in [0.05, 0.1) is 10.6 Å². The molecule has 156 valence electrons. The number of hydrogen-bond acceptors (Lipinski definition) is 3. The number of aryl methyl sites for hydroxylation is 1. The van der Waals surface area contributed by atoms with Crippen molar-refractivity contribution in [3.8, 4) is 0 Å². The highest BCUT2D eigenvalue weighted by atomic mass is 35.5. The smallest absolute Gasteiger partial charge is 0.265 e. The number of halogens is 1. The highest BCUT2D eigenvalue weighted by Gasteiger charge is 2.34. The first kappa shape index (κ1) is 20.7. The van der Waals surface area contributed by atoms with Crippen LogP contribution in [0.15, 0.2) is 65.6 Å². The topological polar surface area (TPSA) is 66.5 Å². The van der Waals surface area contributed by atoms with Gasteiger partial charge in [0.2, 0.25) is 5.91 Å². The predicted molar refractivity (Wildman–Crippen MR) is 120 cm³/mol. The summed E-state index contributed by atoms with van der Waals surface area (Å²) in [6.45, 7) is 0.847. The van der Waals surface area contributed by atoms with Gasteiger partial charge >= 0.3 is 0 Å². The van der Waals surface area contributed by atoms with Gasteiger partial charge in [0.15, 0.2) is 0 Å². The summed E-state index contributed by atoms with van der Waals surface area (Å²) in [6.07, 6.45) is 2.34. The lowest BCUT2D eigenvalue weighted by Gasteiger charge is -2.18.